The maximum absolute atomic E-state index is 12.0. The van der Waals surface area contributed by atoms with Crippen LogP contribution in [-0.2, 0) is 17.9 Å². The average molecular weight is 291 g/mol. The predicted molar refractivity (Wildman–Crippen MR) is 73.4 cm³/mol. The third-order valence-corrected chi connectivity index (χ3v) is 2.98. The fourth-order valence-corrected chi connectivity index (χ4v) is 1.77. The van der Waals surface area contributed by atoms with Crippen molar-refractivity contribution >= 4 is 5.97 Å². The molecule has 1 aromatic heterocycles. The highest BCUT2D eigenvalue weighted by molar-refractivity contribution is 5.88. The van der Waals surface area contributed by atoms with Gasteiger partial charge in [0.1, 0.15) is 6.61 Å². The van der Waals surface area contributed by atoms with Gasteiger partial charge in [0.05, 0.1) is 24.9 Å². The van der Waals surface area contributed by atoms with Gasteiger partial charge in [0.15, 0.2) is 5.69 Å². The Morgan fingerprint density at radius 2 is 2.10 bits per heavy atom. The van der Waals surface area contributed by atoms with Crippen LogP contribution in [0.3, 0.4) is 0 Å². The van der Waals surface area contributed by atoms with Gasteiger partial charge in [0.2, 0.25) is 0 Å². The van der Waals surface area contributed by atoms with Gasteiger partial charge in [-0.2, -0.15) is 0 Å². The Bertz CT molecular complexity index is 598. The van der Waals surface area contributed by atoms with Crippen molar-refractivity contribution in [2.24, 2.45) is 0 Å². The number of carbonyl (C=O) groups is 1. The van der Waals surface area contributed by atoms with Crippen LogP contribution in [0.4, 0.5) is 0 Å². The lowest BCUT2D eigenvalue weighted by molar-refractivity contribution is 0.0464. The van der Waals surface area contributed by atoms with Gasteiger partial charge in [-0.25, -0.2) is 9.48 Å². The molecule has 0 amide bonds. The molecule has 0 aliphatic carbocycles. The SMILES string of the molecule is Cc1c(C(=O)OCc2ccccc2)nnn1CC(O)CO. The number of ether oxygens (including phenoxy) is 1. The molecule has 1 unspecified atom stereocenters. The highest BCUT2D eigenvalue weighted by Gasteiger charge is 2.19. The highest BCUT2D eigenvalue weighted by atomic mass is 16.5. The number of aliphatic hydroxyl groups excluding tert-OH is 2. The minimum Gasteiger partial charge on any atom is -0.456 e. The number of rotatable bonds is 6. The number of aliphatic hydroxyl groups is 2. The fourth-order valence-electron chi connectivity index (χ4n) is 1.77. The first kappa shape index (κ1) is 15.1. The van der Waals surface area contributed by atoms with Gasteiger partial charge in [-0.15, -0.1) is 5.10 Å². The maximum atomic E-state index is 12.0. The Kier molecular flexibility index (Phi) is 5.02. The first-order chi connectivity index (χ1) is 10.1. The summed E-state index contributed by atoms with van der Waals surface area (Å²) in [6, 6.07) is 9.32. The van der Waals surface area contributed by atoms with Crippen molar-refractivity contribution in [1.29, 1.82) is 0 Å². The number of hydrogen-bond acceptors (Lipinski definition) is 6. The highest BCUT2D eigenvalue weighted by Crippen LogP contribution is 2.09. The van der Waals surface area contributed by atoms with Gasteiger partial charge in [-0.05, 0) is 12.5 Å². The Morgan fingerprint density at radius 1 is 1.38 bits per heavy atom. The van der Waals surface area contributed by atoms with E-state index < -0.39 is 12.1 Å². The van der Waals surface area contributed by atoms with Crippen LogP contribution >= 0.6 is 0 Å². The molecule has 0 saturated carbocycles. The Labute approximate surface area is 121 Å². The molecule has 0 spiro atoms. The van der Waals surface area contributed by atoms with E-state index in [1.807, 2.05) is 30.3 Å². The molecule has 0 aliphatic heterocycles. The normalized spacial score (nSPS) is 12.1. The molecule has 1 heterocycles. The quantitative estimate of drug-likeness (QED) is 0.743. The molecule has 7 nitrogen and oxygen atoms in total. The van der Waals surface area contributed by atoms with E-state index in [0.717, 1.165) is 5.56 Å². The summed E-state index contributed by atoms with van der Waals surface area (Å²) in [7, 11) is 0. The number of benzene rings is 1. The van der Waals surface area contributed by atoms with Gasteiger partial charge in [-0.3, -0.25) is 0 Å². The first-order valence-corrected chi connectivity index (χ1v) is 6.52. The van der Waals surface area contributed by atoms with E-state index in [0.29, 0.717) is 5.69 Å². The summed E-state index contributed by atoms with van der Waals surface area (Å²) >= 11 is 0. The maximum Gasteiger partial charge on any atom is 0.361 e. The van der Waals surface area contributed by atoms with Crippen molar-refractivity contribution in [2.45, 2.75) is 26.2 Å². The van der Waals surface area contributed by atoms with Crippen LogP contribution in [0.25, 0.3) is 0 Å². The molecular weight excluding hydrogens is 274 g/mol. The Hall–Kier alpha value is -2.25. The van der Waals surface area contributed by atoms with E-state index >= 15 is 0 Å². The predicted octanol–water partition coefficient (Wildman–Crippen LogP) is 0.297. The van der Waals surface area contributed by atoms with Crippen molar-refractivity contribution in [3.05, 3.63) is 47.3 Å². The second-order valence-corrected chi connectivity index (χ2v) is 4.60. The van der Waals surface area contributed by atoms with Crippen molar-refractivity contribution in [3.63, 3.8) is 0 Å². The van der Waals surface area contributed by atoms with Crippen LogP contribution in [0.1, 0.15) is 21.7 Å². The van der Waals surface area contributed by atoms with E-state index in [-0.39, 0.29) is 25.5 Å². The van der Waals surface area contributed by atoms with Crippen molar-refractivity contribution in [1.82, 2.24) is 15.0 Å². The van der Waals surface area contributed by atoms with E-state index in [2.05, 4.69) is 10.3 Å². The van der Waals surface area contributed by atoms with Crippen LogP contribution in [-0.4, -0.2) is 43.9 Å². The number of aromatic nitrogens is 3. The molecule has 0 fully saturated rings. The van der Waals surface area contributed by atoms with E-state index in [9.17, 15) is 9.90 Å². The summed E-state index contributed by atoms with van der Waals surface area (Å²) in [4.78, 5) is 12.0. The van der Waals surface area contributed by atoms with Gasteiger partial charge >= 0.3 is 5.97 Å². The van der Waals surface area contributed by atoms with Crippen molar-refractivity contribution < 1.29 is 19.7 Å². The molecule has 0 radical (unpaired) electrons. The van der Waals surface area contributed by atoms with Crippen molar-refractivity contribution in [2.75, 3.05) is 6.61 Å². The fraction of sp³-hybridized carbons (Fsp3) is 0.357. The molecule has 0 bridgehead atoms. The standard InChI is InChI=1S/C14H17N3O4/c1-10-13(15-16-17(10)7-12(19)8-18)14(20)21-9-11-5-3-2-4-6-11/h2-6,12,18-19H,7-9H2,1H3. The number of nitrogens with zero attached hydrogens (tertiary/aromatic N) is 3. The van der Waals surface area contributed by atoms with Crippen LogP contribution in [0.2, 0.25) is 0 Å². The summed E-state index contributed by atoms with van der Waals surface area (Å²) in [5.74, 6) is -0.568. The van der Waals surface area contributed by atoms with Crippen molar-refractivity contribution in [3.8, 4) is 0 Å². The average Bonchev–Trinajstić information content (AvgIpc) is 2.87. The zero-order valence-corrected chi connectivity index (χ0v) is 11.6. The minimum atomic E-state index is -0.946. The third kappa shape index (κ3) is 3.87. The molecule has 0 saturated heterocycles. The summed E-state index contributed by atoms with van der Waals surface area (Å²) in [6.45, 7) is 1.50. The zero-order valence-electron chi connectivity index (χ0n) is 11.6. The molecule has 1 atom stereocenters. The van der Waals surface area contributed by atoms with Gasteiger partial charge in [0, 0.05) is 0 Å². The Balaban J connectivity index is 2.00. The van der Waals surface area contributed by atoms with Gasteiger partial charge in [-0.1, -0.05) is 35.5 Å². The van der Waals surface area contributed by atoms with E-state index in [1.165, 1.54) is 4.68 Å². The first-order valence-electron chi connectivity index (χ1n) is 6.52. The molecule has 2 aromatic rings. The largest absolute Gasteiger partial charge is 0.456 e. The molecule has 21 heavy (non-hydrogen) atoms. The molecule has 112 valence electrons. The van der Waals surface area contributed by atoms with Gasteiger partial charge < -0.3 is 14.9 Å². The second kappa shape index (κ2) is 6.96. The molecule has 7 heteroatoms. The second-order valence-electron chi connectivity index (χ2n) is 4.60. The summed E-state index contributed by atoms with van der Waals surface area (Å²) in [6.07, 6.45) is -0.946. The third-order valence-electron chi connectivity index (χ3n) is 2.98. The van der Waals surface area contributed by atoms with Crippen LogP contribution in [0.5, 0.6) is 0 Å². The summed E-state index contributed by atoms with van der Waals surface area (Å²) in [5.41, 5.74) is 1.48. The number of carbonyl (C=O) groups excluding carboxylic acids is 1. The number of hydrogen-bond donors (Lipinski definition) is 2. The summed E-state index contributed by atoms with van der Waals surface area (Å²) < 4.78 is 6.53. The molecule has 1 aromatic carbocycles. The molecular formula is C14H17N3O4. The lowest BCUT2D eigenvalue weighted by Crippen LogP contribution is -2.21. The van der Waals surface area contributed by atoms with Crippen LogP contribution in [0.15, 0.2) is 30.3 Å². The Morgan fingerprint density at radius 3 is 2.76 bits per heavy atom. The molecule has 2 rings (SSSR count). The topological polar surface area (TPSA) is 97.5 Å². The molecule has 0 aliphatic rings. The van der Waals surface area contributed by atoms with Gasteiger partial charge in [0.25, 0.3) is 0 Å². The zero-order chi connectivity index (χ0) is 15.2. The van der Waals surface area contributed by atoms with Crippen LogP contribution < -0.4 is 0 Å². The number of esters is 1. The lowest BCUT2D eigenvalue weighted by Gasteiger charge is -2.08. The smallest absolute Gasteiger partial charge is 0.361 e. The molecule has 2 N–H and O–H groups in total. The van der Waals surface area contributed by atoms with E-state index in [1.54, 1.807) is 6.92 Å². The summed E-state index contributed by atoms with van der Waals surface area (Å²) in [5, 5.41) is 25.7. The van der Waals surface area contributed by atoms with E-state index in [4.69, 9.17) is 9.84 Å². The van der Waals surface area contributed by atoms with Crippen LogP contribution in [0, 0.1) is 6.92 Å². The lowest BCUT2D eigenvalue weighted by atomic mass is 10.2. The minimum absolute atomic E-state index is 0.0707. The monoisotopic (exact) mass is 291 g/mol.